The van der Waals surface area contributed by atoms with Crippen LogP contribution in [0.5, 0.6) is 11.5 Å². The Labute approximate surface area is 234 Å². The van der Waals surface area contributed by atoms with E-state index in [-0.39, 0.29) is 23.1 Å². The monoisotopic (exact) mass is 559 g/mol. The van der Waals surface area contributed by atoms with E-state index in [0.29, 0.717) is 31.1 Å². The number of nitrogens with one attached hydrogen (secondary N) is 2. The highest BCUT2D eigenvalue weighted by Crippen LogP contribution is 2.38. The number of halogens is 2. The van der Waals surface area contributed by atoms with Gasteiger partial charge in [0.2, 0.25) is 0 Å². The molecule has 2 aliphatic rings. The molecule has 0 bridgehead atoms. The summed E-state index contributed by atoms with van der Waals surface area (Å²) in [5, 5.41) is 21.3. The normalized spacial score (nSPS) is 18.9. The number of rotatable bonds is 6. The quantitative estimate of drug-likeness (QED) is 0.303. The van der Waals surface area contributed by atoms with Crippen molar-refractivity contribution in [3.63, 3.8) is 0 Å². The lowest BCUT2D eigenvalue weighted by Crippen LogP contribution is -2.41. The molecule has 0 spiro atoms. The summed E-state index contributed by atoms with van der Waals surface area (Å²) < 4.78 is 40.3. The van der Waals surface area contributed by atoms with Gasteiger partial charge >= 0.3 is 0 Å². The van der Waals surface area contributed by atoms with Crippen molar-refractivity contribution in [2.75, 3.05) is 34.8 Å². The molecule has 11 heteroatoms. The highest BCUT2D eigenvalue weighted by Gasteiger charge is 2.27. The van der Waals surface area contributed by atoms with Crippen LogP contribution in [0, 0.1) is 11.6 Å². The van der Waals surface area contributed by atoms with Gasteiger partial charge in [0.1, 0.15) is 5.82 Å². The third-order valence-electron chi connectivity index (χ3n) is 6.96. The molecule has 0 saturated carbocycles. The highest BCUT2D eigenvalue weighted by atomic mass is 19.1. The van der Waals surface area contributed by atoms with Crippen molar-refractivity contribution in [2.45, 2.75) is 19.3 Å². The number of aromatic amines is 1. The van der Waals surface area contributed by atoms with Crippen LogP contribution < -0.4 is 19.9 Å². The molecule has 1 saturated heterocycles. The van der Waals surface area contributed by atoms with Crippen molar-refractivity contribution in [1.82, 2.24) is 10.2 Å². The number of ether oxygens (including phenoxy) is 2. The third kappa shape index (κ3) is 5.49. The molecule has 3 aromatic carbocycles. The van der Waals surface area contributed by atoms with Gasteiger partial charge in [0, 0.05) is 42.1 Å². The molecular weight excluding hydrogens is 532 g/mol. The van der Waals surface area contributed by atoms with Crippen molar-refractivity contribution < 1.29 is 28.2 Å². The molecule has 3 heterocycles. The Balaban J connectivity index is 1.19. The fourth-order valence-electron chi connectivity index (χ4n) is 4.90. The Morgan fingerprint density at radius 3 is 2.76 bits per heavy atom. The van der Waals surface area contributed by atoms with Crippen LogP contribution in [-0.2, 0) is 9.53 Å². The van der Waals surface area contributed by atoms with Gasteiger partial charge in [-0.05, 0) is 67.6 Å². The average molecular weight is 560 g/mol. The maximum atomic E-state index is 15.3. The molecule has 9 nitrogen and oxygen atoms in total. The van der Waals surface area contributed by atoms with Crippen LogP contribution in [0.15, 0.2) is 84.7 Å². The number of amides is 1. The minimum Gasteiger partial charge on any atom is -0.452 e. The summed E-state index contributed by atoms with van der Waals surface area (Å²) in [6, 6.07) is 13.4. The minimum absolute atomic E-state index is 0.0178. The van der Waals surface area contributed by atoms with Crippen LogP contribution in [0.4, 0.5) is 25.8 Å². The summed E-state index contributed by atoms with van der Waals surface area (Å²) in [6.45, 7) is 3.86. The molecule has 1 amide bonds. The molecule has 3 N–H and O–H groups in total. The van der Waals surface area contributed by atoms with E-state index in [1.54, 1.807) is 24.5 Å². The number of benzene rings is 3. The second-order valence-electron chi connectivity index (χ2n) is 9.83. The molecule has 210 valence electrons. The molecule has 2 atom stereocenters. The first-order chi connectivity index (χ1) is 19.9. The lowest BCUT2D eigenvalue weighted by atomic mass is 10.1. The number of hydrogen-bond donors (Lipinski definition) is 3. The standard InChI is InChI=1S/C30H27F2N5O4/c1-18-17-36(11-12-40-18)26-15-25-19(16-33-35-25)13-28(26)41-27-9-6-21(14-24(27)32)34-29(38)23-3-2-10-37(30(23)39)22-7-4-20(31)5-8-22/h2-10,13-16,18,30,39H,11-12,17H2,1H3,(H,33,35)(H,34,38)/t18?,30-/m1/s1. The van der Waals surface area contributed by atoms with Crippen LogP contribution in [0.25, 0.3) is 10.9 Å². The van der Waals surface area contributed by atoms with E-state index in [4.69, 9.17) is 9.47 Å². The fourth-order valence-corrected chi connectivity index (χ4v) is 4.90. The maximum absolute atomic E-state index is 15.3. The molecular formula is C30H27F2N5O4. The number of aliphatic hydroxyl groups excluding tert-OH is 1. The van der Waals surface area contributed by atoms with Gasteiger partial charge in [-0.25, -0.2) is 8.78 Å². The Bertz CT molecular complexity index is 1650. The molecule has 1 fully saturated rings. The Hall–Kier alpha value is -4.74. The van der Waals surface area contributed by atoms with E-state index in [1.807, 2.05) is 13.0 Å². The van der Waals surface area contributed by atoms with Crippen LogP contribution in [0.3, 0.4) is 0 Å². The first-order valence-corrected chi connectivity index (χ1v) is 13.1. The van der Waals surface area contributed by atoms with E-state index in [1.165, 1.54) is 47.4 Å². The van der Waals surface area contributed by atoms with Crippen molar-refractivity contribution >= 4 is 33.9 Å². The molecule has 0 aliphatic carbocycles. The Morgan fingerprint density at radius 1 is 1.15 bits per heavy atom. The summed E-state index contributed by atoms with van der Waals surface area (Å²) in [6.07, 6.45) is 5.01. The molecule has 41 heavy (non-hydrogen) atoms. The van der Waals surface area contributed by atoms with E-state index in [2.05, 4.69) is 20.4 Å². The predicted molar refractivity (Wildman–Crippen MR) is 151 cm³/mol. The number of carbonyl (C=O) groups excluding carboxylic acids is 1. The number of fused-ring (bicyclic) bond motifs is 1. The second kappa shape index (κ2) is 11.0. The lowest BCUT2D eigenvalue weighted by molar-refractivity contribution is -0.113. The first kappa shape index (κ1) is 26.5. The lowest BCUT2D eigenvalue weighted by Gasteiger charge is -2.33. The van der Waals surface area contributed by atoms with Gasteiger partial charge in [-0.2, -0.15) is 5.10 Å². The highest BCUT2D eigenvalue weighted by molar-refractivity contribution is 6.05. The number of morpholine rings is 1. The largest absolute Gasteiger partial charge is 0.452 e. The average Bonchev–Trinajstić information content (AvgIpc) is 3.42. The number of anilines is 3. The predicted octanol–water partition coefficient (Wildman–Crippen LogP) is 5.08. The van der Waals surface area contributed by atoms with Gasteiger partial charge in [-0.1, -0.05) is 0 Å². The summed E-state index contributed by atoms with van der Waals surface area (Å²) in [7, 11) is 0. The van der Waals surface area contributed by atoms with Gasteiger partial charge in [0.25, 0.3) is 5.91 Å². The molecule has 6 rings (SSSR count). The molecule has 2 aliphatic heterocycles. The Kier molecular flexibility index (Phi) is 7.12. The van der Waals surface area contributed by atoms with Crippen LogP contribution in [0.2, 0.25) is 0 Å². The SMILES string of the molecule is CC1CN(c2cc3[nH]ncc3cc2Oc2ccc(NC(=O)C3=CC=CN(c4ccc(F)cc4)[C@@H]3O)cc2F)CCO1. The first-order valence-electron chi connectivity index (χ1n) is 13.1. The number of carbonyl (C=O) groups is 1. The minimum atomic E-state index is -1.32. The third-order valence-corrected chi connectivity index (χ3v) is 6.96. The topological polar surface area (TPSA) is 103 Å². The van der Waals surface area contributed by atoms with E-state index in [9.17, 15) is 14.3 Å². The summed E-state index contributed by atoms with van der Waals surface area (Å²) >= 11 is 0. The number of nitrogens with zero attached hydrogens (tertiary/aromatic N) is 3. The number of allylic oxidation sites excluding steroid dienone is 2. The summed E-state index contributed by atoms with van der Waals surface area (Å²) in [5.74, 6) is -1.26. The second-order valence-corrected chi connectivity index (χ2v) is 9.83. The zero-order chi connectivity index (χ0) is 28.5. The van der Waals surface area contributed by atoms with E-state index in [0.717, 1.165) is 22.7 Å². The van der Waals surface area contributed by atoms with Crippen molar-refractivity contribution in [3.05, 3.63) is 96.4 Å². The smallest absolute Gasteiger partial charge is 0.256 e. The molecule has 4 aromatic rings. The van der Waals surface area contributed by atoms with Crippen LogP contribution in [-0.4, -0.2) is 53.2 Å². The number of aliphatic hydroxyl groups is 1. The molecule has 0 radical (unpaired) electrons. The summed E-state index contributed by atoms with van der Waals surface area (Å²) in [4.78, 5) is 16.6. The van der Waals surface area contributed by atoms with Gasteiger partial charge in [0.15, 0.2) is 23.5 Å². The van der Waals surface area contributed by atoms with Gasteiger partial charge in [-0.15, -0.1) is 0 Å². The maximum Gasteiger partial charge on any atom is 0.256 e. The van der Waals surface area contributed by atoms with Gasteiger partial charge in [0.05, 0.1) is 35.7 Å². The Morgan fingerprint density at radius 2 is 1.98 bits per heavy atom. The van der Waals surface area contributed by atoms with Gasteiger partial charge in [-0.3, -0.25) is 9.89 Å². The van der Waals surface area contributed by atoms with Crippen molar-refractivity contribution in [3.8, 4) is 11.5 Å². The molecule has 1 aromatic heterocycles. The van der Waals surface area contributed by atoms with E-state index < -0.39 is 23.8 Å². The zero-order valence-electron chi connectivity index (χ0n) is 22.1. The van der Waals surface area contributed by atoms with Crippen LogP contribution in [0.1, 0.15) is 6.92 Å². The number of H-pyrrole nitrogens is 1. The van der Waals surface area contributed by atoms with Gasteiger partial charge < -0.3 is 29.7 Å². The van der Waals surface area contributed by atoms with Crippen molar-refractivity contribution in [1.29, 1.82) is 0 Å². The van der Waals surface area contributed by atoms with Crippen LogP contribution >= 0.6 is 0 Å². The fraction of sp³-hybridized carbons (Fsp3) is 0.200. The number of aromatic nitrogens is 2. The van der Waals surface area contributed by atoms with E-state index >= 15 is 4.39 Å². The zero-order valence-corrected chi connectivity index (χ0v) is 22.1. The van der Waals surface area contributed by atoms with Crippen molar-refractivity contribution in [2.24, 2.45) is 0 Å². The summed E-state index contributed by atoms with van der Waals surface area (Å²) in [5.41, 5.74) is 2.34. The molecule has 1 unspecified atom stereocenters. The number of hydrogen-bond acceptors (Lipinski definition) is 7.